The molecule has 0 unspecified atom stereocenters. The fourth-order valence-corrected chi connectivity index (χ4v) is 10.4. The summed E-state index contributed by atoms with van der Waals surface area (Å²) < 4.78 is 56.6. The number of fused-ring (bicyclic) bond motifs is 1. The second kappa shape index (κ2) is 15.5. The van der Waals surface area contributed by atoms with Crippen molar-refractivity contribution >= 4 is 40.4 Å². The minimum atomic E-state index is -2.25. The predicted octanol–water partition coefficient (Wildman–Crippen LogP) is 8.56. The Labute approximate surface area is 317 Å². The molecule has 54 heavy (non-hydrogen) atoms. The number of hydrogen-bond acceptors (Lipinski definition) is 10. The van der Waals surface area contributed by atoms with E-state index in [-0.39, 0.29) is 35.1 Å². The van der Waals surface area contributed by atoms with E-state index in [0.717, 1.165) is 86.2 Å². The first-order valence-corrected chi connectivity index (χ1v) is 22.3. The second-order valence-corrected chi connectivity index (χ2v) is 21.1. The zero-order valence-electron chi connectivity index (χ0n) is 31.1. The van der Waals surface area contributed by atoms with Gasteiger partial charge in [0, 0.05) is 49.2 Å². The number of nitrogen functional groups attached to an aromatic ring is 1. The Kier molecular flexibility index (Phi) is 10.9. The number of benzene rings is 2. The number of rotatable bonds is 11. The third kappa shape index (κ3) is 8.22. The maximum atomic E-state index is 14.2. The molecule has 286 valence electrons. The largest absolute Gasteiger partial charge is 0.490 e. The molecular formula is C39H46F2N7O4PS. The van der Waals surface area contributed by atoms with E-state index in [4.69, 9.17) is 15.2 Å². The van der Waals surface area contributed by atoms with Gasteiger partial charge in [-0.1, -0.05) is 6.07 Å². The summed E-state index contributed by atoms with van der Waals surface area (Å²) in [6, 6.07) is 11.5. The van der Waals surface area contributed by atoms with Gasteiger partial charge in [0.1, 0.15) is 24.0 Å². The van der Waals surface area contributed by atoms with E-state index >= 15 is 0 Å². The molecule has 2 fully saturated rings. The van der Waals surface area contributed by atoms with Crippen LogP contribution in [0.25, 0.3) is 16.6 Å². The number of carbonyl (C=O) groups excluding carboxylic acids is 1. The lowest BCUT2D eigenvalue weighted by Crippen LogP contribution is -2.41. The lowest BCUT2D eigenvalue weighted by molar-refractivity contribution is 0.0832. The molecule has 2 aromatic carbocycles. The van der Waals surface area contributed by atoms with Crippen LogP contribution in [0.15, 0.2) is 54.9 Å². The maximum Gasteiger partial charge on any atom is 0.219 e. The van der Waals surface area contributed by atoms with E-state index < -0.39 is 23.7 Å². The summed E-state index contributed by atoms with van der Waals surface area (Å²) in [5.41, 5.74) is 10.1. The molecule has 3 N–H and O–H groups in total. The highest BCUT2D eigenvalue weighted by Gasteiger charge is 2.29. The number of ether oxygens (including phenoxy) is 2. The molecule has 11 nitrogen and oxygen atoms in total. The first-order chi connectivity index (χ1) is 25.7. The third-order valence-corrected chi connectivity index (χ3v) is 13.0. The Hall–Kier alpha value is -4.23. The fourth-order valence-electron chi connectivity index (χ4n) is 7.29. The number of aryl methyl sites for hydroxylation is 1. The van der Waals surface area contributed by atoms with Gasteiger partial charge in [-0.2, -0.15) is 5.10 Å². The number of nitrogens with zero attached hydrogens (tertiary/aromatic N) is 5. The minimum absolute atomic E-state index is 0.0127. The van der Waals surface area contributed by atoms with Crippen LogP contribution in [0.4, 0.5) is 14.6 Å². The number of aromatic amines is 1. The Balaban J connectivity index is 1.14. The summed E-state index contributed by atoms with van der Waals surface area (Å²) in [5.74, 6) is -1.37. The molecule has 0 atom stereocenters. The zero-order chi connectivity index (χ0) is 38.3. The Bertz CT molecular complexity index is 2200. The molecule has 2 aliphatic heterocycles. The smallest absolute Gasteiger partial charge is 0.219 e. The Morgan fingerprint density at radius 1 is 1.02 bits per heavy atom. The van der Waals surface area contributed by atoms with Crippen LogP contribution in [0.3, 0.4) is 0 Å². The first kappa shape index (κ1) is 38.1. The van der Waals surface area contributed by atoms with Crippen LogP contribution in [-0.4, -0.2) is 86.4 Å². The van der Waals surface area contributed by atoms with Crippen molar-refractivity contribution in [3.63, 3.8) is 0 Å². The Morgan fingerprint density at radius 2 is 1.72 bits per heavy atom. The van der Waals surface area contributed by atoms with Crippen LogP contribution in [-0.2, 0) is 4.57 Å². The van der Waals surface area contributed by atoms with Gasteiger partial charge >= 0.3 is 0 Å². The minimum Gasteiger partial charge on any atom is -0.490 e. The molecule has 15 heteroatoms. The standard InChI is InChI=1S/C39H46F2N7O4PS/c1-23(2)46-13-11-27(12-14-46)51-35-19-26-18-33(45-32(26)20-28(35)25-9-15-47(16-10-25)54-53(4,5)50)37(49)29-21-44-48(39(29)42)34-22-43-36(17-24(34)3)52-38-30(40)7-6-8-31(38)41/h6-8,17-23,25,27,45H,9-16,42H2,1-5H3. The first-order valence-electron chi connectivity index (χ1n) is 18.3. The monoisotopic (exact) mass is 777 g/mol. The number of halogens is 2. The molecule has 5 heterocycles. The summed E-state index contributed by atoms with van der Waals surface area (Å²) >= 11 is 1.48. The van der Waals surface area contributed by atoms with E-state index in [1.54, 1.807) is 6.92 Å². The molecule has 0 bridgehead atoms. The van der Waals surface area contributed by atoms with Crippen molar-refractivity contribution in [2.24, 2.45) is 0 Å². The Morgan fingerprint density at radius 3 is 2.37 bits per heavy atom. The van der Waals surface area contributed by atoms with Gasteiger partial charge in [0.15, 0.2) is 11.6 Å². The number of H-pyrrole nitrogens is 1. The molecule has 2 saturated heterocycles. The van der Waals surface area contributed by atoms with Crippen LogP contribution in [0.1, 0.15) is 72.6 Å². The molecule has 0 aliphatic carbocycles. The molecule has 2 aliphatic rings. The van der Waals surface area contributed by atoms with E-state index in [9.17, 15) is 18.1 Å². The average molecular weight is 778 g/mol. The average Bonchev–Trinajstić information content (AvgIpc) is 3.72. The second-order valence-electron chi connectivity index (χ2n) is 14.8. The molecule has 0 saturated carbocycles. The van der Waals surface area contributed by atoms with Gasteiger partial charge in [-0.25, -0.2) is 22.8 Å². The SMILES string of the molecule is Cc1cc(Oc2c(F)cccc2F)ncc1-n1ncc(C(=O)c2cc3cc(OC4CCN(C(C)C)CC4)c(C4CCN(SP(C)(C)=O)CC4)cc3[nH]2)c1N. The van der Waals surface area contributed by atoms with Crippen LogP contribution in [0.2, 0.25) is 0 Å². The molecule has 0 radical (unpaired) electrons. The van der Waals surface area contributed by atoms with Crippen molar-refractivity contribution in [1.29, 1.82) is 0 Å². The van der Waals surface area contributed by atoms with Crippen molar-refractivity contribution in [3.8, 4) is 23.1 Å². The zero-order valence-corrected chi connectivity index (χ0v) is 32.9. The van der Waals surface area contributed by atoms with Gasteiger partial charge < -0.3 is 29.7 Å². The summed E-state index contributed by atoms with van der Waals surface area (Å²) in [6.07, 6.45) is 4.40. The van der Waals surface area contributed by atoms with Gasteiger partial charge in [-0.15, -0.1) is 0 Å². The van der Waals surface area contributed by atoms with E-state index in [0.29, 0.717) is 23.0 Å². The number of ketones is 1. The van der Waals surface area contributed by atoms with Crippen LogP contribution >= 0.6 is 17.9 Å². The summed E-state index contributed by atoms with van der Waals surface area (Å²) in [5, 5.41) is 5.25. The summed E-state index contributed by atoms with van der Waals surface area (Å²) in [4.78, 5) is 24.0. The number of carbonyl (C=O) groups is 1. The molecule has 7 rings (SSSR count). The molecule has 5 aromatic rings. The van der Waals surface area contributed by atoms with Gasteiger partial charge in [-0.05, 0) is 119 Å². The number of nitrogens with two attached hydrogens (primary N) is 1. The van der Waals surface area contributed by atoms with Crippen LogP contribution < -0.4 is 15.2 Å². The number of likely N-dealkylation sites (tertiary alicyclic amines) is 1. The van der Waals surface area contributed by atoms with Gasteiger partial charge in [0.25, 0.3) is 0 Å². The highest BCUT2D eigenvalue weighted by atomic mass is 32.7. The third-order valence-electron chi connectivity index (χ3n) is 10.2. The summed E-state index contributed by atoms with van der Waals surface area (Å²) in [6.45, 7) is 13.5. The van der Waals surface area contributed by atoms with Crippen LogP contribution in [0.5, 0.6) is 17.4 Å². The van der Waals surface area contributed by atoms with Gasteiger partial charge in [0.2, 0.25) is 17.4 Å². The fraction of sp³-hybridized carbons (Fsp3) is 0.410. The number of para-hydroxylation sites is 1. The molecule has 0 amide bonds. The number of hydrogen-bond donors (Lipinski definition) is 2. The molecule has 0 spiro atoms. The molecule has 3 aromatic heterocycles. The van der Waals surface area contributed by atoms with E-state index in [1.807, 2.05) is 19.4 Å². The lowest BCUT2D eigenvalue weighted by Gasteiger charge is -2.36. The van der Waals surface area contributed by atoms with Crippen molar-refractivity contribution < 1.29 is 27.6 Å². The topological polar surface area (TPSA) is 132 Å². The number of pyridine rings is 1. The van der Waals surface area contributed by atoms with Crippen molar-refractivity contribution in [2.75, 3.05) is 45.2 Å². The highest BCUT2D eigenvalue weighted by molar-refractivity contribution is 8.56. The number of piperidine rings is 2. The van der Waals surface area contributed by atoms with Gasteiger partial charge in [0.05, 0.1) is 29.3 Å². The quantitative estimate of drug-likeness (QED) is 0.0764. The van der Waals surface area contributed by atoms with Crippen molar-refractivity contribution in [3.05, 3.63) is 88.9 Å². The van der Waals surface area contributed by atoms with E-state index in [1.165, 1.54) is 40.8 Å². The highest BCUT2D eigenvalue weighted by Crippen LogP contribution is 2.54. The molecular weight excluding hydrogens is 732 g/mol. The van der Waals surface area contributed by atoms with Crippen molar-refractivity contribution in [1.82, 2.24) is 29.0 Å². The maximum absolute atomic E-state index is 14.2. The predicted molar refractivity (Wildman–Crippen MR) is 210 cm³/mol. The summed E-state index contributed by atoms with van der Waals surface area (Å²) in [7, 11) is 0. The normalized spacial score (nSPS) is 16.7. The van der Waals surface area contributed by atoms with Crippen LogP contribution in [0, 0.1) is 18.6 Å². The number of aromatic nitrogens is 4. The van der Waals surface area contributed by atoms with E-state index in [2.05, 4.69) is 50.3 Å². The lowest BCUT2D eigenvalue weighted by atomic mass is 9.89. The number of nitrogens with one attached hydrogen (secondary N) is 1. The number of anilines is 1. The van der Waals surface area contributed by atoms with Crippen molar-refractivity contribution in [2.45, 2.75) is 64.5 Å². The van der Waals surface area contributed by atoms with Gasteiger partial charge in [-0.3, -0.25) is 4.79 Å².